The minimum absolute atomic E-state index is 0.0270. The Morgan fingerprint density at radius 1 is 1.61 bits per heavy atom. The van der Waals surface area contributed by atoms with Crippen molar-refractivity contribution >= 4 is 5.97 Å². The molecule has 0 saturated heterocycles. The van der Waals surface area contributed by atoms with Crippen LogP contribution in [0.1, 0.15) is 12.5 Å². The lowest BCUT2D eigenvalue weighted by molar-refractivity contribution is -0.138. The Hall–Kier alpha value is -1.75. The van der Waals surface area contributed by atoms with Gasteiger partial charge in [-0.25, -0.2) is 0 Å². The van der Waals surface area contributed by atoms with Gasteiger partial charge in [0, 0.05) is 24.7 Å². The molecule has 1 aliphatic heterocycles. The second-order valence-electron chi connectivity index (χ2n) is 4.47. The number of hydrogen-bond donors (Lipinski definition) is 1. The molecular formula is C13H17NO4. The highest BCUT2D eigenvalue weighted by Gasteiger charge is 2.21. The third kappa shape index (κ3) is 2.92. The molecule has 1 atom stereocenters. The number of nitrogens with zero attached hydrogens (tertiary/aromatic N) is 1. The Balaban J connectivity index is 2.24. The smallest absolute Gasteiger partial charge is 0.317 e. The van der Waals surface area contributed by atoms with Gasteiger partial charge in [-0.1, -0.05) is 6.07 Å². The number of carbonyl (C=O) groups is 1. The van der Waals surface area contributed by atoms with Crippen LogP contribution in [-0.2, 0) is 11.3 Å². The number of hydrogen-bond acceptors (Lipinski definition) is 4. The Morgan fingerprint density at radius 3 is 3.06 bits per heavy atom. The maximum atomic E-state index is 10.8. The van der Waals surface area contributed by atoms with Gasteiger partial charge < -0.3 is 14.6 Å². The molecule has 0 radical (unpaired) electrons. The summed E-state index contributed by atoms with van der Waals surface area (Å²) in [6, 6.07) is 5.62. The standard InChI is InChI=1S/C13H17NO4/c1-9-6-14(8-13(15)16)7-10-3-4-11(17-2)5-12(10)18-9/h3-5,9H,6-8H2,1-2H3,(H,15,16). The van der Waals surface area contributed by atoms with Gasteiger partial charge in [0.1, 0.15) is 17.6 Å². The molecule has 0 amide bonds. The van der Waals surface area contributed by atoms with Crippen molar-refractivity contribution in [3.05, 3.63) is 23.8 Å². The van der Waals surface area contributed by atoms with Crippen molar-refractivity contribution in [2.75, 3.05) is 20.2 Å². The lowest BCUT2D eigenvalue weighted by Crippen LogP contribution is -2.34. The van der Waals surface area contributed by atoms with Crippen molar-refractivity contribution in [3.8, 4) is 11.5 Å². The summed E-state index contributed by atoms with van der Waals surface area (Å²) in [5.41, 5.74) is 0.987. The van der Waals surface area contributed by atoms with Gasteiger partial charge in [0.15, 0.2) is 0 Å². The predicted molar refractivity (Wildman–Crippen MR) is 66.0 cm³/mol. The van der Waals surface area contributed by atoms with E-state index < -0.39 is 5.97 Å². The van der Waals surface area contributed by atoms with Gasteiger partial charge in [-0.2, -0.15) is 0 Å². The van der Waals surface area contributed by atoms with Crippen molar-refractivity contribution in [1.82, 2.24) is 4.90 Å². The molecule has 1 aromatic carbocycles. The molecule has 1 aromatic rings. The molecule has 0 saturated carbocycles. The average molecular weight is 251 g/mol. The topological polar surface area (TPSA) is 59.0 Å². The highest BCUT2D eigenvalue weighted by atomic mass is 16.5. The molecule has 1 unspecified atom stereocenters. The zero-order valence-electron chi connectivity index (χ0n) is 10.5. The summed E-state index contributed by atoms with van der Waals surface area (Å²) in [5.74, 6) is 0.696. The van der Waals surface area contributed by atoms with Crippen LogP contribution in [0.5, 0.6) is 11.5 Å². The van der Waals surface area contributed by atoms with Crippen molar-refractivity contribution < 1.29 is 19.4 Å². The van der Waals surface area contributed by atoms with Gasteiger partial charge in [0.25, 0.3) is 0 Å². The molecule has 0 spiro atoms. The first-order chi connectivity index (χ1) is 8.58. The van der Waals surface area contributed by atoms with E-state index in [1.807, 2.05) is 30.0 Å². The van der Waals surface area contributed by atoms with Crippen LogP contribution in [0.4, 0.5) is 0 Å². The number of benzene rings is 1. The summed E-state index contributed by atoms with van der Waals surface area (Å²) in [4.78, 5) is 12.7. The Morgan fingerprint density at radius 2 is 2.39 bits per heavy atom. The van der Waals surface area contributed by atoms with Crippen LogP contribution < -0.4 is 9.47 Å². The molecule has 5 heteroatoms. The lowest BCUT2D eigenvalue weighted by atomic mass is 10.2. The van der Waals surface area contributed by atoms with Gasteiger partial charge in [0.2, 0.25) is 0 Å². The molecule has 18 heavy (non-hydrogen) atoms. The number of ether oxygens (including phenoxy) is 2. The summed E-state index contributed by atoms with van der Waals surface area (Å²) < 4.78 is 11.0. The predicted octanol–water partition coefficient (Wildman–Crippen LogP) is 1.36. The summed E-state index contributed by atoms with van der Waals surface area (Å²) in [5, 5.41) is 8.87. The number of fused-ring (bicyclic) bond motifs is 1. The minimum atomic E-state index is -0.820. The molecule has 0 fully saturated rings. The Kier molecular flexibility index (Phi) is 3.72. The first kappa shape index (κ1) is 12.7. The van der Waals surface area contributed by atoms with Gasteiger partial charge in [-0.15, -0.1) is 0 Å². The number of rotatable bonds is 3. The zero-order chi connectivity index (χ0) is 13.1. The van der Waals surface area contributed by atoms with Gasteiger partial charge >= 0.3 is 5.97 Å². The molecule has 5 nitrogen and oxygen atoms in total. The summed E-state index contributed by atoms with van der Waals surface area (Å²) in [6.07, 6.45) is -0.0438. The van der Waals surface area contributed by atoms with E-state index in [-0.39, 0.29) is 12.6 Å². The van der Waals surface area contributed by atoms with E-state index in [2.05, 4.69) is 0 Å². The summed E-state index contributed by atoms with van der Waals surface area (Å²) in [6.45, 7) is 3.14. The number of carboxylic acid groups (broad SMARTS) is 1. The van der Waals surface area contributed by atoms with Crippen LogP contribution in [0.15, 0.2) is 18.2 Å². The number of methoxy groups -OCH3 is 1. The van der Waals surface area contributed by atoms with Crippen molar-refractivity contribution in [2.24, 2.45) is 0 Å². The first-order valence-electron chi connectivity index (χ1n) is 5.86. The fourth-order valence-electron chi connectivity index (χ4n) is 2.14. The molecule has 1 aliphatic rings. The van der Waals surface area contributed by atoms with Crippen molar-refractivity contribution in [3.63, 3.8) is 0 Å². The van der Waals surface area contributed by atoms with Crippen LogP contribution in [0, 0.1) is 0 Å². The van der Waals surface area contributed by atoms with E-state index in [0.29, 0.717) is 13.1 Å². The van der Waals surface area contributed by atoms with Gasteiger partial charge in [-0.05, 0) is 13.0 Å². The molecule has 0 aromatic heterocycles. The van der Waals surface area contributed by atoms with Crippen molar-refractivity contribution in [1.29, 1.82) is 0 Å². The highest BCUT2D eigenvalue weighted by molar-refractivity contribution is 5.69. The van der Waals surface area contributed by atoms with Crippen LogP contribution in [-0.4, -0.2) is 42.3 Å². The normalized spacial score (nSPS) is 19.6. The third-order valence-electron chi connectivity index (χ3n) is 2.87. The average Bonchev–Trinajstić information content (AvgIpc) is 2.44. The molecule has 0 bridgehead atoms. The maximum Gasteiger partial charge on any atom is 0.317 e. The minimum Gasteiger partial charge on any atom is -0.497 e. The summed E-state index contributed by atoms with van der Waals surface area (Å²) in [7, 11) is 1.61. The van der Waals surface area contributed by atoms with Gasteiger partial charge in [0.05, 0.1) is 13.7 Å². The third-order valence-corrected chi connectivity index (χ3v) is 2.87. The van der Waals surface area contributed by atoms with E-state index in [9.17, 15) is 4.79 Å². The number of aliphatic carboxylic acids is 1. The van der Waals surface area contributed by atoms with Crippen LogP contribution >= 0.6 is 0 Å². The zero-order valence-corrected chi connectivity index (χ0v) is 10.5. The molecule has 2 rings (SSSR count). The highest BCUT2D eigenvalue weighted by Crippen LogP contribution is 2.29. The van der Waals surface area contributed by atoms with E-state index in [1.54, 1.807) is 7.11 Å². The molecule has 1 heterocycles. The Bertz CT molecular complexity index is 447. The van der Waals surface area contributed by atoms with E-state index in [1.165, 1.54) is 0 Å². The Labute approximate surface area is 106 Å². The molecular weight excluding hydrogens is 234 g/mol. The SMILES string of the molecule is COc1ccc2c(c1)OC(C)CN(CC(=O)O)C2. The maximum absolute atomic E-state index is 10.8. The van der Waals surface area contributed by atoms with Crippen LogP contribution in [0.3, 0.4) is 0 Å². The largest absolute Gasteiger partial charge is 0.497 e. The fraction of sp³-hybridized carbons (Fsp3) is 0.462. The van der Waals surface area contributed by atoms with Crippen LogP contribution in [0.25, 0.3) is 0 Å². The van der Waals surface area contributed by atoms with Crippen molar-refractivity contribution in [2.45, 2.75) is 19.6 Å². The quantitative estimate of drug-likeness (QED) is 0.879. The molecule has 0 aliphatic carbocycles. The van der Waals surface area contributed by atoms with Crippen LogP contribution in [0.2, 0.25) is 0 Å². The summed E-state index contributed by atoms with van der Waals surface area (Å²) >= 11 is 0. The van der Waals surface area contributed by atoms with E-state index >= 15 is 0 Å². The molecule has 1 N–H and O–H groups in total. The second kappa shape index (κ2) is 5.27. The fourth-order valence-corrected chi connectivity index (χ4v) is 2.14. The second-order valence-corrected chi connectivity index (χ2v) is 4.47. The lowest BCUT2D eigenvalue weighted by Gasteiger charge is -2.19. The van der Waals surface area contributed by atoms with Gasteiger partial charge in [-0.3, -0.25) is 9.69 Å². The first-order valence-corrected chi connectivity index (χ1v) is 5.86. The monoisotopic (exact) mass is 251 g/mol. The number of carboxylic acids is 1. The molecule has 98 valence electrons. The van der Waals surface area contributed by atoms with E-state index in [0.717, 1.165) is 17.1 Å². The van der Waals surface area contributed by atoms with E-state index in [4.69, 9.17) is 14.6 Å².